The van der Waals surface area contributed by atoms with Crippen LogP contribution in [-0.2, 0) is 0 Å². The van der Waals surface area contributed by atoms with Gasteiger partial charge in [0, 0.05) is 26.2 Å². The van der Waals surface area contributed by atoms with Crippen molar-refractivity contribution in [3.8, 4) is 5.75 Å². The molecule has 1 aliphatic rings. The Balaban J connectivity index is 2.07. The Morgan fingerprint density at radius 3 is 2.72 bits per heavy atom. The number of hydrogen-bond donors (Lipinski definition) is 1. The molecule has 0 saturated carbocycles. The van der Waals surface area contributed by atoms with Crippen LogP contribution in [0.4, 0.5) is 5.69 Å². The maximum Gasteiger partial charge on any atom is 0.143 e. The third-order valence-corrected chi connectivity index (χ3v) is 3.05. The molecule has 0 spiro atoms. The van der Waals surface area contributed by atoms with Crippen molar-refractivity contribution in [2.75, 3.05) is 37.7 Å². The second kappa shape index (κ2) is 6.45. The lowest BCUT2D eigenvalue weighted by molar-refractivity contribution is 0.361. The first-order chi connectivity index (χ1) is 8.77. The number of hydrogen-bond acceptors (Lipinski definition) is 3. The fourth-order valence-electron chi connectivity index (χ4n) is 2.04. The summed E-state index contributed by atoms with van der Waals surface area (Å²) in [5, 5.41) is 3.37. The molecule has 0 amide bonds. The van der Waals surface area contributed by atoms with Crippen LogP contribution in [0.1, 0.15) is 13.8 Å². The van der Waals surface area contributed by atoms with Crippen molar-refractivity contribution < 1.29 is 4.74 Å². The summed E-state index contributed by atoms with van der Waals surface area (Å²) >= 11 is 0. The number of anilines is 1. The van der Waals surface area contributed by atoms with Gasteiger partial charge >= 0.3 is 0 Å². The zero-order valence-corrected chi connectivity index (χ0v) is 11.3. The van der Waals surface area contributed by atoms with Crippen LogP contribution in [0.15, 0.2) is 35.9 Å². The normalized spacial score (nSPS) is 15.3. The molecule has 1 aromatic rings. The number of ether oxygens (including phenoxy) is 1. The highest BCUT2D eigenvalue weighted by Gasteiger charge is 2.14. The molecule has 18 heavy (non-hydrogen) atoms. The predicted octanol–water partition coefficient (Wildman–Crippen LogP) is 2.44. The predicted molar refractivity (Wildman–Crippen MR) is 76.5 cm³/mol. The molecule has 0 bridgehead atoms. The summed E-state index contributed by atoms with van der Waals surface area (Å²) in [5.41, 5.74) is 2.50. The van der Waals surface area contributed by atoms with Crippen molar-refractivity contribution in [2.24, 2.45) is 0 Å². The lowest BCUT2D eigenvalue weighted by Gasteiger charge is -2.30. The van der Waals surface area contributed by atoms with E-state index in [-0.39, 0.29) is 0 Å². The summed E-state index contributed by atoms with van der Waals surface area (Å²) in [4.78, 5) is 2.38. The molecule has 0 aromatic heterocycles. The number of allylic oxidation sites excluding steroid dienone is 1. The van der Waals surface area contributed by atoms with Crippen LogP contribution in [0.2, 0.25) is 0 Å². The molecule has 1 aliphatic heterocycles. The molecule has 3 heteroatoms. The first kappa shape index (κ1) is 13.0. The minimum atomic E-state index is 0.644. The van der Waals surface area contributed by atoms with Gasteiger partial charge in [0.25, 0.3) is 0 Å². The van der Waals surface area contributed by atoms with Gasteiger partial charge in [-0.3, -0.25) is 0 Å². The Bertz CT molecular complexity index is 405. The van der Waals surface area contributed by atoms with E-state index in [4.69, 9.17) is 4.74 Å². The van der Waals surface area contributed by atoms with E-state index in [1.807, 2.05) is 6.07 Å². The van der Waals surface area contributed by atoms with Crippen molar-refractivity contribution in [1.82, 2.24) is 5.32 Å². The van der Waals surface area contributed by atoms with Gasteiger partial charge in [0.05, 0.1) is 5.69 Å². The number of para-hydroxylation sites is 2. The summed E-state index contributed by atoms with van der Waals surface area (Å²) in [7, 11) is 0. The average molecular weight is 246 g/mol. The Kier molecular flexibility index (Phi) is 4.65. The smallest absolute Gasteiger partial charge is 0.143 e. The highest BCUT2D eigenvalue weighted by Crippen LogP contribution is 2.28. The molecule has 3 nitrogen and oxygen atoms in total. The van der Waals surface area contributed by atoms with Crippen molar-refractivity contribution in [2.45, 2.75) is 13.8 Å². The molecule has 2 rings (SSSR count). The third-order valence-electron chi connectivity index (χ3n) is 3.05. The van der Waals surface area contributed by atoms with E-state index in [2.05, 4.69) is 48.3 Å². The van der Waals surface area contributed by atoms with Gasteiger partial charge in [-0.15, -0.1) is 0 Å². The van der Waals surface area contributed by atoms with Crippen molar-refractivity contribution in [3.63, 3.8) is 0 Å². The first-order valence-electron chi connectivity index (χ1n) is 6.58. The molecular weight excluding hydrogens is 224 g/mol. The molecule has 1 fully saturated rings. The van der Waals surface area contributed by atoms with Crippen LogP contribution >= 0.6 is 0 Å². The minimum Gasteiger partial charge on any atom is -0.487 e. The minimum absolute atomic E-state index is 0.644. The van der Waals surface area contributed by atoms with Gasteiger partial charge in [0.15, 0.2) is 0 Å². The van der Waals surface area contributed by atoms with Crippen LogP contribution in [-0.4, -0.2) is 32.8 Å². The topological polar surface area (TPSA) is 24.5 Å². The SMILES string of the molecule is CC(C)=CCOc1ccccc1N1CCNCC1. The van der Waals surface area contributed by atoms with Gasteiger partial charge in [-0.25, -0.2) is 0 Å². The van der Waals surface area contributed by atoms with Crippen LogP contribution in [0.3, 0.4) is 0 Å². The van der Waals surface area contributed by atoms with Gasteiger partial charge in [-0.1, -0.05) is 17.7 Å². The maximum atomic E-state index is 5.86. The summed E-state index contributed by atoms with van der Waals surface area (Å²) in [6.07, 6.45) is 2.11. The fourth-order valence-corrected chi connectivity index (χ4v) is 2.04. The van der Waals surface area contributed by atoms with Crippen LogP contribution in [0.25, 0.3) is 0 Å². The van der Waals surface area contributed by atoms with E-state index >= 15 is 0 Å². The van der Waals surface area contributed by atoms with Crippen molar-refractivity contribution >= 4 is 5.69 Å². The van der Waals surface area contributed by atoms with E-state index < -0.39 is 0 Å². The quantitative estimate of drug-likeness (QED) is 0.826. The second-order valence-corrected chi connectivity index (χ2v) is 4.80. The van der Waals surface area contributed by atoms with Gasteiger partial charge in [0.1, 0.15) is 12.4 Å². The Morgan fingerprint density at radius 2 is 2.00 bits per heavy atom. The van der Waals surface area contributed by atoms with E-state index in [9.17, 15) is 0 Å². The molecule has 1 heterocycles. The molecule has 1 N–H and O–H groups in total. The lowest BCUT2D eigenvalue weighted by Crippen LogP contribution is -2.43. The molecule has 1 aromatic carbocycles. The molecule has 98 valence electrons. The summed E-state index contributed by atoms with van der Waals surface area (Å²) < 4.78 is 5.86. The highest BCUT2D eigenvalue weighted by atomic mass is 16.5. The Morgan fingerprint density at radius 1 is 1.28 bits per heavy atom. The molecule has 0 unspecified atom stereocenters. The zero-order chi connectivity index (χ0) is 12.8. The lowest BCUT2D eigenvalue weighted by atomic mass is 10.2. The number of benzene rings is 1. The summed E-state index contributed by atoms with van der Waals surface area (Å²) in [6.45, 7) is 9.00. The molecule has 0 aliphatic carbocycles. The van der Waals surface area contributed by atoms with E-state index in [0.717, 1.165) is 31.9 Å². The van der Waals surface area contributed by atoms with Crippen molar-refractivity contribution in [1.29, 1.82) is 0 Å². The van der Waals surface area contributed by atoms with E-state index in [0.29, 0.717) is 6.61 Å². The average Bonchev–Trinajstić information content (AvgIpc) is 2.40. The molecular formula is C15H22N2O. The monoisotopic (exact) mass is 246 g/mol. The van der Waals surface area contributed by atoms with Crippen LogP contribution in [0, 0.1) is 0 Å². The van der Waals surface area contributed by atoms with Gasteiger partial charge in [-0.2, -0.15) is 0 Å². The van der Waals surface area contributed by atoms with Gasteiger partial charge in [-0.05, 0) is 32.1 Å². The summed E-state index contributed by atoms with van der Waals surface area (Å²) in [6, 6.07) is 8.30. The largest absolute Gasteiger partial charge is 0.487 e. The maximum absolute atomic E-state index is 5.86. The van der Waals surface area contributed by atoms with E-state index in [1.54, 1.807) is 0 Å². The number of rotatable bonds is 4. The van der Waals surface area contributed by atoms with Gasteiger partial charge < -0.3 is 15.0 Å². The zero-order valence-electron chi connectivity index (χ0n) is 11.3. The third kappa shape index (κ3) is 3.50. The number of nitrogens with one attached hydrogen (secondary N) is 1. The molecule has 1 saturated heterocycles. The van der Waals surface area contributed by atoms with Crippen molar-refractivity contribution in [3.05, 3.63) is 35.9 Å². The number of piperazine rings is 1. The molecule has 0 radical (unpaired) electrons. The van der Waals surface area contributed by atoms with Gasteiger partial charge in [0.2, 0.25) is 0 Å². The fraction of sp³-hybridized carbons (Fsp3) is 0.467. The van der Waals surface area contributed by atoms with E-state index in [1.165, 1.54) is 11.3 Å². The standard InChI is InChI=1S/C15H22N2O/c1-13(2)7-12-18-15-6-4-3-5-14(15)17-10-8-16-9-11-17/h3-7,16H,8-12H2,1-2H3. The second-order valence-electron chi connectivity index (χ2n) is 4.80. The Hall–Kier alpha value is -1.48. The van der Waals surface area contributed by atoms with Crippen LogP contribution < -0.4 is 15.0 Å². The summed E-state index contributed by atoms with van der Waals surface area (Å²) in [5.74, 6) is 0.983. The Labute approximate surface area is 109 Å². The first-order valence-corrected chi connectivity index (χ1v) is 6.58. The highest BCUT2D eigenvalue weighted by molar-refractivity contribution is 5.58. The van der Waals surface area contributed by atoms with Crippen LogP contribution in [0.5, 0.6) is 5.75 Å². The molecule has 0 atom stereocenters. The number of nitrogens with zero attached hydrogens (tertiary/aromatic N) is 1.